The fourth-order valence-corrected chi connectivity index (χ4v) is 2.51. The molecule has 0 aromatic rings. The molecule has 1 atom stereocenters. The van der Waals surface area contributed by atoms with E-state index in [1.165, 1.54) is 0 Å². The molecule has 0 bridgehead atoms. The Morgan fingerprint density at radius 2 is 2.27 bits per heavy atom. The van der Waals surface area contributed by atoms with Gasteiger partial charge in [-0.05, 0) is 31.6 Å². The normalized spacial score (nSPS) is 29.3. The van der Waals surface area contributed by atoms with Crippen molar-refractivity contribution < 1.29 is 14.3 Å². The lowest BCUT2D eigenvalue weighted by molar-refractivity contribution is -0.145. The van der Waals surface area contributed by atoms with Gasteiger partial charge in [-0.2, -0.15) is 0 Å². The molecule has 0 amide bonds. The molecule has 0 saturated carbocycles. The zero-order valence-electron chi connectivity index (χ0n) is 9.25. The quantitative estimate of drug-likeness (QED) is 0.686. The smallest absolute Gasteiger partial charge is 0.323 e. The van der Waals surface area contributed by atoms with Gasteiger partial charge in [0.25, 0.3) is 0 Å². The second-order valence-corrected chi connectivity index (χ2v) is 4.50. The van der Waals surface area contributed by atoms with Gasteiger partial charge in [0.15, 0.2) is 0 Å². The molecule has 2 heterocycles. The minimum absolute atomic E-state index is 0.0944. The largest absolute Gasteiger partial charge is 0.465 e. The van der Waals surface area contributed by atoms with Gasteiger partial charge in [-0.3, -0.25) is 4.79 Å². The summed E-state index contributed by atoms with van der Waals surface area (Å²) in [5.41, 5.74) is 0.287. The Balaban J connectivity index is 1.90. The van der Waals surface area contributed by atoms with Crippen molar-refractivity contribution in [3.05, 3.63) is 0 Å². The van der Waals surface area contributed by atoms with E-state index in [4.69, 9.17) is 9.47 Å². The molecule has 1 N–H and O–H groups in total. The number of rotatable bonds is 2. The van der Waals surface area contributed by atoms with Crippen molar-refractivity contribution in [1.82, 2.24) is 5.32 Å². The van der Waals surface area contributed by atoms with Gasteiger partial charge in [0.1, 0.15) is 6.04 Å². The van der Waals surface area contributed by atoms with Crippen molar-refractivity contribution >= 4 is 5.97 Å². The van der Waals surface area contributed by atoms with Crippen LogP contribution in [0, 0.1) is 5.41 Å². The Morgan fingerprint density at radius 1 is 1.53 bits per heavy atom. The van der Waals surface area contributed by atoms with Crippen LogP contribution in [0.3, 0.4) is 0 Å². The van der Waals surface area contributed by atoms with Gasteiger partial charge in [-0.15, -0.1) is 0 Å². The van der Waals surface area contributed by atoms with Gasteiger partial charge in [0, 0.05) is 19.8 Å². The van der Waals surface area contributed by atoms with E-state index < -0.39 is 0 Å². The predicted octanol–water partition coefficient (Wildman–Crippen LogP) is 0.708. The molecular weight excluding hydrogens is 194 g/mol. The summed E-state index contributed by atoms with van der Waals surface area (Å²) >= 11 is 0. The van der Waals surface area contributed by atoms with Crippen LogP contribution in [0.25, 0.3) is 0 Å². The molecule has 2 saturated heterocycles. The highest BCUT2D eigenvalue weighted by Gasteiger charge is 2.42. The third-order valence-electron chi connectivity index (χ3n) is 3.49. The van der Waals surface area contributed by atoms with E-state index in [-0.39, 0.29) is 17.4 Å². The number of carbonyl (C=O) groups is 1. The molecule has 0 aromatic heterocycles. The van der Waals surface area contributed by atoms with E-state index in [1.54, 1.807) is 0 Å². The number of carbonyl (C=O) groups excluding carboxylic acids is 1. The maximum absolute atomic E-state index is 11.6. The first-order valence-corrected chi connectivity index (χ1v) is 5.73. The molecule has 15 heavy (non-hydrogen) atoms. The van der Waals surface area contributed by atoms with Crippen molar-refractivity contribution in [3.63, 3.8) is 0 Å². The van der Waals surface area contributed by atoms with Crippen molar-refractivity contribution in [2.75, 3.05) is 26.4 Å². The SMILES string of the molecule is CCOC(=O)[C@@H]1CC2(CCOCC2)CN1. The lowest BCUT2D eigenvalue weighted by Crippen LogP contribution is -2.32. The first-order chi connectivity index (χ1) is 7.26. The van der Waals surface area contributed by atoms with E-state index in [9.17, 15) is 4.79 Å². The van der Waals surface area contributed by atoms with E-state index in [0.29, 0.717) is 6.61 Å². The standard InChI is InChI=1S/C11H19NO3/c1-2-15-10(13)9-7-11(8-12-9)3-5-14-6-4-11/h9,12H,2-8H2,1H3/t9-/m0/s1. The van der Waals surface area contributed by atoms with Gasteiger partial charge in [-0.25, -0.2) is 0 Å². The van der Waals surface area contributed by atoms with E-state index in [0.717, 1.165) is 39.0 Å². The summed E-state index contributed by atoms with van der Waals surface area (Å²) in [6.45, 7) is 4.90. The summed E-state index contributed by atoms with van der Waals surface area (Å²) in [6, 6.07) is -0.0944. The lowest BCUT2D eigenvalue weighted by Gasteiger charge is -2.32. The molecule has 0 radical (unpaired) electrons. The zero-order chi connectivity index (χ0) is 10.7. The van der Waals surface area contributed by atoms with Crippen molar-refractivity contribution in [2.45, 2.75) is 32.2 Å². The van der Waals surface area contributed by atoms with Crippen LogP contribution < -0.4 is 5.32 Å². The Kier molecular flexibility index (Phi) is 3.26. The fourth-order valence-electron chi connectivity index (χ4n) is 2.51. The number of hydrogen-bond acceptors (Lipinski definition) is 4. The molecule has 4 heteroatoms. The monoisotopic (exact) mass is 213 g/mol. The third-order valence-corrected chi connectivity index (χ3v) is 3.49. The minimum atomic E-state index is -0.0964. The highest BCUT2D eigenvalue weighted by molar-refractivity contribution is 5.76. The highest BCUT2D eigenvalue weighted by Crippen LogP contribution is 2.38. The van der Waals surface area contributed by atoms with Gasteiger partial charge < -0.3 is 14.8 Å². The van der Waals surface area contributed by atoms with Gasteiger partial charge in [0.05, 0.1) is 6.61 Å². The van der Waals surface area contributed by atoms with Crippen LogP contribution in [0.2, 0.25) is 0 Å². The predicted molar refractivity (Wildman–Crippen MR) is 55.5 cm³/mol. The molecule has 86 valence electrons. The summed E-state index contributed by atoms with van der Waals surface area (Å²) in [5, 5.41) is 3.27. The molecule has 2 rings (SSSR count). The van der Waals surface area contributed by atoms with Gasteiger partial charge in [-0.1, -0.05) is 0 Å². The van der Waals surface area contributed by atoms with Crippen molar-refractivity contribution in [3.8, 4) is 0 Å². The summed E-state index contributed by atoms with van der Waals surface area (Å²) in [6.07, 6.45) is 3.04. The molecule has 0 aromatic carbocycles. The summed E-state index contributed by atoms with van der Waals surface area (Å²) in [5.74, 6) is -0.0964. The zero-order valence-corrected chi connectivity index (χ0v) is 9.25. The maximum atomic E-state index is 11.6. The van der Waals surface area contributed by atoms with Crippen LogP contribution in [0.15, 0.2) is 0 Å². The van der Waals surface area contributed by atoms with Crippen molar-refractivity contribution in [1.29, 1.82) is 0 Å². The average Bonchev–Trinajstić information content (AvgIpc) is 2.64. The number of esters is 1. The number of nitrogens with one attached hydrogen (secondary N) is 1. The Hall–Kier alpha value is -0.610. The molecule has 1 spiro atoms. The Bertz CT molecular complexity index is 236. The van der Waals surface area contributed by atoms with Crippen LogP contribution in [0.5, 0.6) is 0 Å². The Labute approximate surface area is 90.3 Å². The maximum Gasteiger partial charge on any atom is 0.323 e. The van der Waals surface area contributed by atoms with Crippen molar-refractivity contribution in [2.24, 2.45) is 5.41 Å². The van der Waals surface area contributed by atoms with Gasteiger partial charge >= 0.3 is 5.97 Å². The first-order valence-electron chi connectivity index (χ1n) is 5.73. The summed E-state index contributed by atoms with van der Waals surface area (Å²) in [4.78, 5) is 11.6. The van der Waals surface area contributed by atoms with Crippen LogP contribution in [-0.2, 0) is 14.3 Å². The molecule has 0 unspecified atom stereocenters. The fraction of sp³-hybridized carbons (Fsp3) is 0.909. The summed E-state index contributed by atoms with van der Waals surface area (Å²) < 4.78 is 10.4. The molecule has 2 aliphatic heterocycles. The number of ether oxygens (including phenoxy) is 2. The van der Waals surface area contributed by atoms with Crippen LogP contribution in [-0.4, -0.2) is 38.4 Å². The molecule has 2 fully saturated rings. The minimum Gasteiger partial charge on any atom is -0.465 e. The second-order valence-electron chi connectivity index (χ2n) is 4.50. The molecular formula is C11H19NO3. The molecule has 4 nitrogen and oxygen atoms in total. The highest BCUT2D eigenvalue weighted by atomic mass is 16.5. The van der Waals surface area contributed by atoms with Gasteiger partial charge in [0.2, 0.25) is 0 Å². The second kappa shape index (κ2) is 4.49. The van der Waals surface area contributed by atoms with E-state index in [1.807, 2.05) is 6.92 Å². The average molecular weight is 213 g/mol. The van der Waals surface area contributed by atoms with E-state index in [2.05, 4.69) is 5.32 Å². The lowest BCUT2D eigenvalue weighted by atomic mass is 9.78. The van der Waals surface area contributed by atoms with Crippen LogP contribution >= 0.6 is 0 Å². The molecule has 0 aliphatic carbocycles. The van der Waals surface area contributed by atoms with E-state index >= 15 is 0 Å². The third kappa shape index (κ3) is 2.32. The van der Waals surface area contributed by atoms with Crippen LogP contribution in [0.4, 0.5) is 0 Å². The Morgan fingerprint density at radius 3 is 2.93 bits per heavy atom. The first kappa shape index (κ1) is 10.9. The summed E-state index contributed by atoms with van der Waals surface area (Å²) in [7, 11) is 0. The number of hydrogen-bond donors (Lipinski definition) is 1. The molecule has 2 aliphatic rings. The van der Waals surface area contributed by atoms with Crippen LogP contribution in [0.1, 0.15) is 26.2 Å². The topological polar surface area (TPSA) is 47.6 Å².